The number of fused-ring (bicyclic) bond motifs is 11. The lowest BCUT2D eigenvalue weighted by Crippen LogP contribution is -2.36. The molecule has 7 aromatic carbocycles. The molecule has 2 aliphatic heterocycles. The first-order valence-electron chi connectivity index (χ1n) is 18.1. The van der Waals surface area contributed by atoms with Crippen molar-refractivity contribution >= 4 is 50.9 Å². The third-order valence-corrected chi connectivity index (χ3v) is 13.5. The van der Waals surface area contributed by atoms with Crippen LogP contribution in [0, 0.1) is 0 Å². The van der Waals surface area contributed by atoms with Crippen molar-refractivity contribution in [3.8, 4) is 16.8 Å². The molecule has 3 heterocycles. The van der Waals surface area contributed by atoms with Gasteiger partial charge >= 0.3 is 0 Å². The third-order valence-electron chi connectivity index (χ3n) is 11.2. The van der Waals surface area contributed by atoms with E-state index >= 15 is 0 Å². The van der Waals surface area contributed by atoms with Gasteiger partial charge in [0.25, 0.3) is 0 Å². The van der Waals surface area contributed by atoms with E-state index in [0.29, 0.717) is 0 Å². The van der Waals surface area contributed by atoms with Crippen molar-refractivity contribution in [2.45, 2.75) is 37.8 Å². The number of hydrogen-bond donors (Lipinski definition) is 0. The van der Waals surface area contributed by atoms with Crippen LogP contribution >= 0.6 is 23.5 Å². The molecule has 3 aliphatic rings. The maximum absolute atomic E-state index is 2.52. The Bertz CT molecular complexity index is 2760. The fourth-order valence-corrected chi connectivity index (χ4v) is 11.2. The van der Waals surface area contributed by atoms with Gasteiger partial charge in [-0.15, -0.1) is 0 Å². The van der Waals surface area contributed by atoms with Gasteiger partial charge < -0.3 is 4.57 Å². The molecule has 8 aromatic rings. The van der Waals surface area contributed by atoms with Gasteiger partial charge in [0.1, 0.15) is 0 Å². The monoisotopic (exact) mass is 699 g/mol. The van der Waals surface area contributed by atoms with E-state index < -0.39 is 5.41 Å². The van der Waals surface area contributed by atoms with E-state index in [1.54, 1.807) is 0 Å². The van der Waals surface area contributed by atoms with Crippen molar-refractivity contribution in [2.24, 2.45) is 0 Å². The van der Waals surface area contributed by atoms with E-state index in [1.165, 1.54) is 91.6 Å². The molecule has 0 amide bonds. The van der Waals surface area contributed by atoms with E-state index in [4.69, 9.17) is 0 Å². The number of aromatic nitrogens is 1. The quantitative estimate of drug-likeness (QED) is 0.181. The number of allylic oxidation sites excluding steroid dienone is 4. The lowest BCUT2D eigenvalue weighted by molar-refractivity contribution is 0.667. The summed E-state index contributed by atoms with van der Waals surface area (Å²) in [6.07, 6.45) is 8.97. The van der Waals surface area contributed by atoms with Crippen LogP contribution in [0.15, 0.2) is 196 Å². The summed E-state index contributed by atoms with van der Waals surface area (Å²) in [5, 5.41) is 2.55. The van der Waals surface area contributed by atoms with Gasteiger partial charge in [0.2, 0.25) is 0 Å². The highest BCUT2D eigenvalue weighted by molar-refractivity contribution is 8.00. The zero-order chi connectivity index (χ0) is 34.2. The number of hydrogen-bond acceptors (Lipinski definition) is 2. The van der Waals surface area contributed by atoms with Crippen molar-refractivity contribution < 1.29 is 0 Å². The Balaban J connectivity index is 1.19. The molecule has 0 N–H and O–H groups in total. The molecule has 1 aliphatic carbocycles. The van der Waals surface area contributed by atoms with Crippen molar-refractivity contribution in [2.75, 3.05) is 0 Å². The minimum Gasteiger partial charge on any atom is -0.309 e. The van der Waals surface area contributed by atoms with Crippen LogP contribution in [0.4, 0.5) is 0 Å². The molecule has 3 heteroatoms. The maximum Gasteiger partial charge on any atom is 0.0745 e. The topological polar surface area (TPSA) is 4.93 Å². The van der Waals surface area contributed by atoms with E-state index in [9.17, 15) is 0 Å². The first kappa shape index (κ1) is 30.2. The molecule has 52 heavy (non-hydrogen) atoms. The van der Waals surface area contributed by atoms with Crippen molar-refractivity contribution in [3.05, 3.63) is 204 Å². The largest absolute Gasteiger partial charge is 0.309 e. The Morgan fingerprint density at radius 3 is 1.77 bits per heavy atom. The van der Waals surface area contributed by atoms with Crippen LogP contribution in [0.3, 0.4) is 0 Å². The minimum atomic E-state index is -0.464. The molecular formula is C49H33NS2. The van der Waals surface area contributed by atoms with E-state index in [-0.39, 0.29) is 0 Å². The molecule has 1 spiro atoms. The SMILES string of the molecule is C1=CCCC(c2ccc3c(c2)C2(c4ccccc4S3)c3ccccc3Sc3ccc(-c4ccc5c6ccccc6n(-c6ccccc6)c5c4)cc32)=C1. The standard InChI is InChI=1S/C49H33NS2/c1-3-13-32(14-4-1)33-24-27-47-41(29-33)49(39-18-8-11-21-45(39)51-47)40-19-9-12-22-46(40)52-48-28-25-34(30-42(48)49)35-23-26-38-37-17-7-10-20-43(37)50(44(38)31-35)36-15-5-2-6-16-36/h1-3,5-13,15-31H,4,14H2. The van der Waals surface area contributed by atoms with Crippen LogP contribution in [0.2, 0.25) is 0 Å². The first-order chi connectivity index (χ1) is 25.8. The van der Waals surface area contributed by atoms with E-state index in [1.807, 2.05) is 23.5 Å². The van der Waals surface area contributed by atoms with Crippen LogP contribution in [-0.4, -0.2) is 4.57 Å². The predicted octanol–water partition coefficient (Wildman–Crippen LogP) is 13.5. The van der Waals surface area contributed by atoms with Crippen LogP contribution < -0.4 is 0 Å². The van der Waals surface area contributed by atoms with E-state index in [2.05, 4.69) is 181 Å². The van der Waals surface area contributed by atoms with Crippen molar-refractivity contribution in [1.29, 1.82) is 0 Å². The second-order valence-electron chi connectivity index (χ2n) is 13.9. The number of benzene rings is 7. The third kappa shape index (κ3) is 4.39. The normalized spacial score (nSPS) is 17.0. The van der Waals surface area contributed by atoms with Crippen LogP contribution in [0.5, 0.6) is 0 Å². The van der Waals surface area contributed by atoms with Crippen molar-refractivity contribution in [3.63, 3.8) is 0 Å². The molecule has 1 nitrogen and oxygen atoms in total. The summed E-state index contributed by atoms with van der Waals surface area (Å²) in [5.41, 5.74) is 13.8. The Labute approximate surface area is 312 Å². The Morgan fingerprint density at radius 2 is 1.04 bits per heavy atom. The summed E-state index contributed by atoms with van der Waals surface area (Å²) in [6.45, 7) is 0. The second-order valence-corrected chi connectivity index (χ2v) is 16.1. The highest BCUT2D eigenvalue weighted by Gasteiger charge is 2.49. The summed E-state index contributed by atoms with van der Waals surface area (Å²) in [6, 6.07) is 59.3. The molecule has 1 atom stereocenters. The maximum atomic E-state index is 2.52. The molecule has 246 valence electrons. The van der Waals surface area contributed by atoms with Gasteiger partial charge in [0.05, 0.1) is 16.4 Å². The smallest absolute Gasteiger partial charge is 0.0745 e. The molecule has 1 aromatic heterocycles. The Kier molecular flexibility index (Phi) is 6.83. The number of rotatable bonds is 3. The summed E-state index contributed by atoms with van der Waals surface area (Å²) < 4.78 is 2.42. The van der Waals surface area contributed by atoms with Crippen molar-refractivity contribution in [1.82, 2.24) is 4.57 Å². The fourth-order valence-electron chi connectivity index (χ4n) is 8.89. The van der Waals surface area contributed by atoms with Gasteiger partial charge in [-0.2, -0.15) is 0 Å². The van der Waals surface area contributed by atoms with Crippen LogP contribution in [0.1, 0.15) is 40.7 Å². The van der Waals surface area contributed by atoms with Gasteiger partial charge in [0, 0.05) is 36.0 Å². The lowest BCUT2D eigenvalue weighted by atomic mass is 9.64. The summed E-state index contributed by atoms with van der Waals surface area (Å²) in [7, 11) is 0. The molecule has 0 saturated carbocycles. The molecular weight excluding hydrogens is 667 g/mol. The first-order valence-corrected chi connectivity index (χ1v) is 19.7. The van der Waals surface area contributed by atoms with Crippen LogP contribution in [0.25, 0.3) is 44.2 Å². The fraction of sp³-hybridized carbons (Fsp3) is 0.0612. The molecule has 0 saturated heterocycles. The van der Waals surface area contributed by atoms with Gasteiger partial charge in [-0.25, -0.2) is 0 Å². The number of nitrogens with zero attached hydrogens (tertiary/aromatic N) is 1. The van der Waals surface area contributed by atoms with E-state index in [0.717, 1.165) is 12.8 Å². The molecule has 0 radical (unpaired) electrons. The van der Waals surface area contributed by atoms with Gasteiger partial charge in [-0.3, -0.25) is 0 Å². The molecule has 0 bridgehead atoms. The minimum absolute atomic E-state index is 0.464. The van der Waals surface area contributed by atoms with Gasteiger partial charge in [0.15, 0.2) is 0 Å². The van der Waals surface area contributed by atoms with Gasteiger partial charge in [-0.1, -0.05) is 139 Å². The average molecular weight is 700 g/mol. The molecule has 1 unspecified atom stereocenters. The molecule has 0 fully saturated rings. The summed E-state index contributed by atoms with van der Waals surface area (Å²) >= 11 is 3.82. The lowest BCUT2D eigenvalue weighted by Gasteiger charge is -2.46. The Morgan fingerprint density at radius 1 is 0.462 bits per heavy atom. The number of para-hydroxylation sites is 2. The zero-order valence-electron chi connectivity index (χ0n) is 28.4. The summed E-state index contributed by atoms with van der Waals surface area (Å²) in [4.78, 5) is 5.31. The summed E-state index contributed by atoms with van der Waals surface area (Å²) in [5.74, 6) is 0. The van der Waals surface area contributed by atoms with Gasteiger partial charge in [-0.05, 0) is 118 Å². The average Bonchev–Trinajstić information content (AvgIpc) is 3.55. The zero-order valence-corrected chi connectivity index (χ0v) is 30.1. The predicted molar refractivity (Wildman–Crippen MR) is 219 cm³/mol. The second kappa shape index (κ2) is 11.8. The Hall–Kier alpha value is -5.48. The highest BCUT2D eigenvalue weighted by Crippen LogP contribution is 2.62. The molecule has 11 rings (SSSR count). The highest BCUT2D eigenvalue weighted by atomic mass is 32.2. The van der Waals surface area contributed by atoms with Crippen LogP contribution in [-0.2, 0) is 5.41 Å².